The van der Waals surface area contributed by atoms with Crippen LogP contribution < -0.4 is 4.90 Å². The van der Waals surface area contributed by atoms with Gasteiger partial charge in [-0.3, -0.25) is 0 Å². The molecule has 2 heteroatoms. The van der Waals surface area contributed by atoms with Crippen molar-refractivity contribution in [3.8, 4) is 0 Å². The molecule has 4 aliphatic rings. The maximum atomic E-state index is 2.49. The molecule has 4 aliphatic carbocycles. The molecule has 40 heavy (non-hydrogen) atoms. The van der Waals surface area contributed by atoms with Crippen LogP contribution in [-0.4, -0.2) is 0 Å². The fraction of sp³-hybridized carbons (Fsp3) is 0.368. The largest absolute Gasteiger partial charge is 0.310 e. The Hall–Kier alpha value is -3.10. The second-order valence-corrected chi connectivity index (χ2v) is 14.4. The van der Waals surface area contributed by atoms with Crippen LogP contribution in [0, 0.1) is 23.7 Å². The summed E-state index contributed by atoms with van der Waals surface area (Å²) >= 11 is 1.90. The molecule has 200 valence electrons. The first-order valence-electron chi connectivity index (χ1n) is 15.7. The summed E-state index contributed by atoms with van der Waals surface area (Å²) < 4.78 is 2.73. The molecule has 0 aliphatic heterocycles. The number of benzene rings is 4. The van der Waals surface area contributed by atoms with Crippen molar-refractivity contribution in [1.29, 1.82) is 0 Å². The van der Waals surface area contributed by atoms with Crippen molar-refractivity contribution < 1.29 is 0 Å². The van der Waals surface area contributed by atoms with Crippen LogP contribution in [0.5, 0.6) is 0 Å². The van der Waals surface area contributed by atoms with Crippen LogP contribution in [-0.2, 0) is 0 Å². The molecule has 4 bridgehead atoms. The van der Waals surface area contributed by atoms with Crippen LogP contribution in [0.4, 0.5) is 17.1 Å². The van der Waals surface area contributed by atoms with E-state index in [1.807, 2.05) is 11.3 Å². The van der Waals surface area contributed by atoms with Gasteiger partial charge in [-0.15, -0.1) is 11.3 Å². The number of hydrogen-bond donors (Lipinski definition) is 0. The Labute approximate surface area is 241 Å². The minimum atomic E-state index is 0.774. The Balaban J connectivity index is 1.11. The molecule has 0 spiro atoms. The minimum absolute atomic E-state index is 0.774. The summed E-state index contributed by atoms with van der Waals surface area (Å²) in [4.78, 5) is 2.49. The highest BCUT2D eigenvalue weighted by Crippen LogP contribution is 2.54. The van der Waals surface area contributed by atoms with Gasteiger partial charge in [0, 0.05) is 37.2 Å². The molecule has 1 heterocycles. The average Bonchev–Trinajstić information content (AvgIpc) is 3.85. The van der Waals surface area contributed by atoms with Gasteiger partial charge in [0.05, 0.1) is 0 Å². The lowest BCUT2D eigenvalue weighted by molar-refractivity contribution is 0.420. The molecule has 9 rings (SSSR count). The molecule has 0 saturated heterocycles. The topological polar surface area (TPSA) is 3.24 Å². The number of rotatable bonds is 5. The number of fused-ring (bicyclic) bond motifs is 7. The first-order chi connectivity index (χ1) is 19.8. The molecule has 5 aromatic rings. The fourth-order valence-electron chi connectivity index (χ4n) is 9.35. The molecule has 4 fully saturated rings. The summed E-state index contributed by atoms with van der Waals surface area (Å²) in [7, 11) is 0. The second-order valence-electron chi connectivity index (χ2n) is 13.4. The van der Waals surface area contributed by atoms with Crippen molar-refractivity contribution in [1.82, 2.24) is 0 Å². The van der Waals surface area contributed by atoms with Crippen molar-refractivity contribution in [2.45, 2.75) is 63.2 Å². The zero-order chi connectivity index (χ0) is 26.2. The van der Waals surface area contributed by atoms with Crippen LogP contribution in [0.3, 0.4) is 0 Å². The van der Waals surface area contributed by atoms with Crippen LogP contribution >= 0.6 is 11.3 Å². The number of nitrogens with zero attached hydrogens (tertiary/aromatic N) is 1. The van der Waals surface area contributed by atoms with Gasteiger partial charge >= 0.3 is 0 Å². The van der Waals surface area contributed by atoms with Crippen LogP contribution in [0.15, 0.2) is 91.0 Å². The third kappa shape index (κ3) is 3.79. The highest BCUT2D eigenvalue weighted by molar-refractivity contribution is 7.25. The molecular formula is C38H37NS. The third-order valence-corrected chi connectivity index (χ3v) is 12.4. The Kier molecular flexibility index (Phi) is 5.43. The standard InChI is InChI=1S/C38H37NS/c1-2-4-37-33(3-1)36-23-32(17-18-38(36)40-37)39(30-13-9-26(10-14-30)34-21-24-5-7-28(34)19-24)31-15-11-27(12-16-31)35-22-25-6-8-29(35)20-25/h1-4,9-18,23-25,28-29,34-35H,5-8,19-22H2. The Morgan fingerprint density at radius 3 is 1.60 bits per heavy atom. The van der Waals surface area contributed by atoms with E-state index < -0.39 is 0 Å². The van der Waals surface area contributed by atoms with E-state index in [0.29, 0.717) is 0 Å². The highest BCUT2D eigenvalue weighted by atomic mass is 32.1. The van der Waals surface area contributed by atoms with Gasteiger partial charge < -0.3 is 4.90 Å². The summed E-state index contributed by atoms with van der Waals surface area (Å²) in [5, 5.41) is 2.72. The van der Waals surface area contributed by atoms with Gasteiger partial charge in [-0.2, -0.15) is 0 Å². The number of hydrogen-bond acceptors (Lipinski definition) is 2. The third-order valence-electron chi connectivity index (χ3n) is 11.3. The highest BCUT2D eigenvalue weighted by Gasteiger charge is 2.41. The number of thiophene rings is 1. The van der Waals surface area contributed by atoms with Crippen LogP contribution in [0.2, 0.25) is 0 Å². The van der Waals surface area contributed by atoms with E-state index in [4.69, 9.17) is 0 Å². The van der Waals surface area contributed by atoms with Crippen LogP contribution in [0.1, 0.15) is 74.3 Å². The summed E-state index contributed by atoms with van der Waals surface area (Å²) in [6, 6.07) is 35.2. The van der Waals surface area contributed by atoms with Gasteiger partial charge in [0.1, 0.15) is 0 Å². The van der Waals surface area contributed by atoms with Crippen molar-refractivity contribution in [3.05, 3.63) is 102 Å². The molecular weight excluding hydrogens is 502 g/mol. The maximum absolute atomic E-state index is 2.49. The predicted molar refractivity (Wildman–Crippen MR) is 170 cm³/mol. The normalized spacial score (nSPS) is 28.7. The smallest absolute Gasteiger partial charge is 0.0468 e. The Bertz CT molecular complexity index is 1620. The zero-order valence-corrected chi connectivity index (χ0v) is 24.0. The van der Waals surface area contributed by atoms with Crippen molar-refractivity contribution in [2.24, 2.45) is 23.7 Å². The van der Waals surface area contributed by atoms with Gasteiger partial charge in [0.25, 0.3) is 0 Å². The van der Waals surface area contributed by atoms with Gasteiger partial charge in [-0.25, -0.2) is 0 Å². The summed E-state index contributed by atoms with van der Waals surface area (Å²) in [6.45, 7) is 0. The summed E-state index contributed by atoms with van der Waals surface area (Å²) in [5.74, 6) is 5.34. The first kappa shape index (κ1) is 23.6. The molecule has 6 unspecified atom stereocenters. The molecule has 0 radical (unpaired) electrons. The Morgan fingerprint density at radius 2 is 1.05 bits per heavy atom. The molecule has 4 saturated carbocycles. The molecule has 1 nitrogen and oxygen atoms in total. The number of anilines is 3. The summed E-state index contributed by atoms with van der Waals surface area (Å²) in [5.41, 5.74) is 6.89. The monoisotopic (exact) mass is 539 g/mol. The Morgan fingerprint density at radius 1 is 0.500 bits per heavy atom. The van der Waals surface area contributed by atoms with E-state index in [2.05, 4.69) is 95.9 Å². The predicted octanol–water partition coefficient (Wildman–Crippen LogP) is 11.3. The zero-order valence-electron chi connectivity index (χ0n) is 23.1. The van der Waals surface area contributed by atoms with E-state index in [9.17, 15) is 0 Å². The quantitative estimate of drug-likeness (QED) is 0.215. The van der Waals surface area contributed by atoms with Gasteiger partial charge in [0.2, 0.25) is 0 Å². The van der Waals surface area contributed by atoms with E-state index in [-0.39, 0.29) is 0 Å². The minimum Gasteiger partial charge on any atom is -0.310 e. The molecule has 4 aromatic carbocycles. The molecule has 0 amide bonds. The fourth-order valence-corrected chi connectivity index (χ4v) is 10.4. The SMILES string of the molecule is c1ccc2c(c1)sc1ccc(N(c3ccc(C4CC5CCC4C5)cc3)c3ccc(C4CC5CCC4C5)cc3)cc12. The van der Waals surface area contributed by atoms with Gasteiger partial charge in [-0.1, -0.05) is 55.3 Å². The van der Waals surface area contributed by atoms with E-state index in [1.54, 1.807) is 11.1 Å². The molecule has 6 atom stereocenters. The lowest BCUT2D eigenvalue weighted by Crippen LogP contribution is -2.12. The lowest BCUT2D eigenvalue weighted by Gasteiger charge is -2.28. The molecule has 1 aromatic heterocycles. The second kappa shape index (κ2) is 9.21. The van der Waals surface area contributed by atoms with Crippen molar-refractivity contribution >= 4 is 48.6 Å². The van der Waals surface area contributed by atoms with E-state index in [0.717, 1.165) is 35.5 Å². The maximum Gasteiger partial charge on any atom is 0.0468 e. The van der Waals surface area contributed by atoms with Crippen LogP contribution in [0.25, 0.3) is 20.2 Å². The van der Waals surface area contributed by atoms with Crippen molar-refractivity contribution in [2.75, 3.05) is 4.90 Å². The lowest BCUT2D eigenvalue weighted by atomic mass is 9.83. The first-order valence-corrected chi connectivity index (χ1v) is 16.5. The van der Waals surface area contributed by atoms with Crippen molar-refractivity contribution in [3.63, 3.8) is 0 Å². The summed E-state index contributed by atoms with van der Waals surface area (Å²) in [6.07, 6.45) is 11.5. The van der Waals surface area contributed by atoms with Gasteiger partial charge in [0.15, 0.2) is 0 Å². The van der Waals surface area contributed by atoms with E-state index in [1.165, 1.54) is 88.6 Å². The average molecular weight is 540 g/mol. The van der Waals surface area contributed by atoms with Gasteiger partial charge in [-0.05, 0) is 134 Å². The molecule has 0 N–H and O–H groups in total. The van der Waals surface area contributed by atoms with E-state index >= 15 is 0 Å².